The number of halogens is 2. The van der Waals surface area contributed by atoms with E-state index in [-0.39, 0.29) is 18.3 Å². The van der Waals surface area contributed by atoms with Gasteiger partial charge in [0.1, 0.15) is 5.69 Å². The Balaban J connectivity index is 0.00000288. The Hall–Kier alpha value is -1.34. The Bertz CT molecular complexity index is 644. The van der Waals surface area contributed by atoms with E-state index >= 15 is 0 Å². The number of rotatable bonds is 8. The first kappa shape index (κ1) is 20.7. The molecule has 0 fully saturated rings. The van der Waals surface area contributed by atoms with Gasteiger partial charge in [-0.05, 0) is 29.8 Å². The number of methoxy groups -OCH3 is 1. The molecule has 7 heteroatoms. The molecule has 2 rings (SSSR count). The topological polar surface area (TPSA) is 55.3 Å². The van der Waals surface area contributed by atoms with Crippen LogP contribution in [0.3, 0.4) is 0 Å². The lowest BCUT2D eigenvalue weighted by Crippen LogP contribution is -2.33. The fraction of sp³-hybridized carbons (Fsp3) is 0.353. The van der Waals surface area contributed by atoms with Crippen molar-refractivity contribution in [3.05, 3.63) is 46.6 Å². The number of ether oxygens (including phenoxy) is 1. The Morgan fingerprint density at radius 1 is 1.12 bits per heavy atom. The maximum atomic E-state index is 12.3. The molecule has 0 saturated carbocycles. The molecule has 2 aromatic rings. The minimum Gasteiger partial charge on any atom is -0.383 e. The van der Waals surface area contributed by atoms with E-state index in [1.807, 2.05) is 48.0 Å². The standard InChI is InChI=1S/C17H22BrN3O2.ClH/c1-21-15(13-3-5-14(18)6-4-13)7-8-16(21)17(22)20-10-9-19-11-12-23-2;/h3-8,19H,9-12H2,1-2H3,(H,20,22);1H. The van der Waals surface area contributed by atoms with E-state index < -0.39 is 0 Å². The first-order valence-corrected chi connectivity index (χ1v) is 8.32. The first-order valence-electron chi connectivity index (χ1n) is 7.53. The monoisotopic (exact) mass is 415 g/mol. The first-order chi connectivity index (χ1) is 11.1. The summed E-state index contributed by atoms with van der Waals surface area (Å²) in [5.41, 5.74) is 2.75. The van der Waals surface area contributed by atoms with Gasteiger partial charge in [-0.2, -0.15) is 0 Å². The van der Waals surface area contributed by atoms with Gasteiger partial charge in [0.05, 0.1) is 6.61 Å². The molecule has 1 heterocycles. The molecule has 0 bridgehead atoms. The summed E-state index contributed by atoms with van der Waals surface area (Å²) < 4.78 is 7.90. The third kappa shape index (κ3) is 5.63. The van der Waals surface area contributed by atoms with Crippen molar-refractivity contribution in [2.24, 2.45) is 7.05 Å². The summed E-state index contributed by atoms with van der Waals surface area (Å²) in [6, 6.07) is 11.9. The number of carbonyl (C=O) groups is 1. The average molecular weight is 417 g/mol. The lowest BCUT2D eigenvalue weighted by Gasteiger charge is -2.09. The van der Waals surface area contributed by atoms with E-state index in [0.717, 1.165) is 28.8 Å². The maximum Gasteiger partial charge on any atom is 0.267 e. The Morgan fingerprint density at radius 2 is 1.83 bits per heavy atom. The van der Waals surface area contributed by atoms with Gasteiger partial charge in [0.25, 0.3) is 5.91 Å². The zero-order valence-corrected chi connectivity index (χ0v) is 16.2. The molecule has 0 aliphatic carbocycles. The van der Waals surface area contributed by atoms with Gasteiger partial charge in [0.2, 0.25) is 0 Å². The molecular formula is C17H23BrClN3O2. The molecule has 0 aliphatic rings. The van der Waals surface area contributed by atoms with Crippen molar-refractivity contribution in [1.82, 2.24) is 15.2 Å². The molecule has 0 atom stereocenters. The number of aromatic nitrogens is 1. The van der Waals surface area contributed by atoms with Gasteiger partial charge < -0.3 is 19.9 Å². The van der Waals surface area contributed by atoms with Gasteiger partial charge in [-0.15, -0.1) is 12.4 Å². The van der Waals surface area contributed by atoms with Crippen molar-refractivity contribution >= 4 is 34.2 Å². The summed E-state index contributed by atoms with van der Waals surface area (Å²) in [6.07, 6.45) is 0. The number of nitrogens with zero attached hydrogens (tertiary/aromatic N) is 1. The normalized spacial score (nSPS) is 10.3. The van der Waals surface area contributed by atoms with Crippen LogP contribution in [0.5, 0.6) is 0 Å². The highest BCUT2D eigenvalue weighted by atomic mass is 79.9. The van der Waals surface area contributed by atoms with Crippen LogP contribution in [0.2, 0.25) is 0 Å². The summed E-state index contributed by atoms with van der Waals surface area (Å²) in [5.74, 6) is -0.0654. The predicted octanol–water partition coefficient (Wildman–Crippen LogP) is 2.84. The molecule has 0 unspecified atom stereocenters. The molecule has 0 spiro atoms. The van der Waals surface area contributed by atoms with Gasteiger partial charge in [-0.25, -0.2) is 0 Å². The minimum atomic E-state index is -0.0654. The smallest absolute Gasteiger partial charge is 0.267 e. The summed E-state index contributed by atoms with van der Waals surface area (Å²) in [5, 5.41) is 6.11. The van der Waals surface area contributed by atoms with Crippen molar-refractivity contribution in [1.29, 1.82) is 0 Å². The second-order valence-electron chi connectivity index (χ2n) is 5.17. The largest absolute Gasteiger partial charge is 0.383 e. The van der Waals surface area contributed by atoms with Crippen LogP contribution in [0.25, 0.3) is 11.3 Å². The fourth-order valence-electron chi connectivity index (χ4n) is 2.30. The zero-order chi connectivity index (χ0) is 16.7. The van der Waals surface area contributed by atoms with E-state index in [4.69, 9.17) is 4.74 Å². The molecule has 0 aliphatic heterocycles. The SMILES string of the molecule is COCCNCCNC(=O)c1ccc(-c2ccc(Br)cc2)n1C.Cl. The second kappa shape index (κ2) is 10.5. The molecular weight excluding hydrogens is 394 g/mol. The van der Waals surface area contributed by atoms with Crippen LogP contribution in [0, 0.1) is 0 Å². The number of hydrogen-bond donors (Lipinski definition) is 2. The summed E-state index contributed by atoms with van der Waals surface area (Å²) in [4.78, 5) is 12.3. The van der Waals surface area contributed by atoms with Crippen molar-refractivity contribution in [3.8, 4) is 11.3 Å². The highest BCUT2D eigenvalue weighted by Crippen LogP contribution is 2.23. The number of amides is 1. The number of benzene rings is 1. The van der Waals surface area contributed by atoms with Crippen LogP contribution in [-0.2, 0) is 11.8 Å². The Labute approximate surface area is 157 Å². The molecule has 0 saturated heterocycles. The lowest BCUT2D eigenvalue weighted by molar-refractivity contribution is 0.0945. The van der Waals surface area contributed by atoms with E-state index in [2.05, 4.69) is 26.6 Å². The van der Waals surface area contributed by atoms with Gasteiger partial charge in [0, 0.05) is 44.0 Å². The number of nitrogens with one attached hydrogen (secondary N) is 2. The molecule has 1 aromatic heterocycles. The van der Waals surface area contributed by atoms with Crippen LogP contribution in [0.1, 0.15) is 10.5 Å². The molecule has 1 amide bonds. The van der Waals surface area contributed by atoms with E-state index in [1.54, 1.807) is 7.11 Å². The summed E-state index contributed by atoms with van der Waals surface area (Å²) in [7, 11) is 3.57. The number of hydrogen-bond acceptors (Lipinski definition) is 3. The maximum absolute atomic E-state index is 12.3. The van der Waals surface area contributed by atoms with Crippen LogP contribution >= 0.6 is 28.3 Å². The van der Waals surface area contributed by atoms with Crippen molar-refractivity contribution in [3.63, 3.8) is 0 Å². The minimum absolute atomic E-state index is 0. The zero-order valence-electron chi connectivity index (χ0n) is 13.8. The van der Waals surface area contributed by atoms with Crippen LogP contribution in [0.4, 0.5) is 0 Å². The van der Waals surface area contributed by atoms with Crippen LogP contribution in [-0.4, -0.2) is 43.8 Å². The Morgan fingerprint density at radius 3 is 2.50 bits per heavy atom. The third-order valence-corrected chi connectivity index (χ3v) is 4.09. The number of carbonyl (C=O) groups excluding carboxylic acids is 1. The van der Waals surface area contributed by atoms with Crippen LogP contribution in [0.15, 0.2) is 40.9 Å². The quantitative estimate of drug-likeness (QED) is 0.651. The molecule has 24 heavy (non-hydrogen) atoms. The van der Waals surface area contributed by atoms with Gasteiger partial charge in [-0.3, -0.25) is 4.79 Å². The van der Waals surface area contributed by atoms with Crippen LogP contribution < -0.4 is 10.6 Å². The molecule has 132 valence electrons. The lowest BCUT2D eigenvalue weighted by atomic mass is 10.1. The van der Waals surface area contributed by atoms with E-state index in [1.165, 1.54) is 0 Å². The predicted molar refractivity (Wildman–Crippen MR) is 103 cm³/mol. The molecule has 2 N–H and O–H groups in total. The van der Waals surface area contributed by atoms with Gasteiger partial charge >= 0.3 is 0 Å². The average Bonchev–Trinajstić information content (AvgIpc) is 2.93. The second-order valence-corrected chi connectivity index (χ2v) is 6.08. The van der Waals surface area contributed by atoms with E-state index in [9.17, 15) is 4.79 Å². The molecule has 0 radical (unpaired) electrons. The Kier molecular flexibility index (Phi) is 9.07. The molecule has 5 nitrogen and oxygen atoms in total. The summed E-state index contributed by atoms with van der Waals surface area (Å²) in [6.45, 7) is 2.76. The molecule has 1 aromatic carbocycles. The van der Waals surface area contributed by atoms with Crippen molar-refractivity contribution in [2.45, 2.75) is 0 Å². The van der Waals surface area contributed by atoms with Gasteiger partial charge in [0.15, 0.2) is 0 Å². The van der Waals surface area contributed by atoms with Gasteiger partial charge in [-0.1, -0.05) is 28.1 Å². The highest BCUT2D eigenvalue weighted by Gasteiger charge is 2.13. The van der Waals surface area contributed by atoms with Crippen molar-refractivity contribution < 1.29 is 9.53 Å². The third-order valence-electron chi connectivity index (χ3n) is 3.56. The van der Waals surface area contributed by atoms with Crippen molar-refractivity contribution in [2.75, 3.05) is 33.4 Å². The van der Waals surface area contributed by atoms with E-state index in [0.29, 0.717) is 18.8 Å². The highest BCUT2D eigenvalue weighted by molar-refractivity contribution is 9.10. The summed E-state index contributed by atoms with van der Waals surface area (Å²) >= 11 is 3.43. The fourth-order valence-corrected chi connectivity index (χ4v) is 2.57.